The van der Waals surface area contributed by atoms with Crippen molar-refractivity contribution in [3.63, 3.8) is 0 Å². The minimum atomic E-state index is 0.345. The molecule has 18 heavy (non-hydrogen) atoms. The topological polar surface area (TPSA) is 24.5 Å². The molecule has 0 bridgehead atoms. The molecule has 0 saturated carbocycles. The summed E-state index contributed by atoms with van der Waals surface area (Å²) < 4.78 is 5.49. The Morgan fingerprint density at radius 1 is 1.33 bits per heavy atom. The van der Waals surface area contributed by atoms with Gasteiger partial charge in [0.05, 0.1) is 7.11 Å². The average molecular weight is 248 g/mol. The number of rotatable bonds is 5. The summed E-state index contributed by atoms with van der Waals surface area (Å²) in [4.78, 5) is 2.53. The zero-order chi connectivity index (χ0) is 13.0. The van der Waals surface area contributed by atoms with Gasteiger partial charge in [0.25, 0.3) is 0 Å². The van der Waals surface area contributed by atoms with E-state index in [2.05, 4.69) is 35.3 Å². The SMILES string of the molecule is CNC(CN1CCCC1)c1cc(C)ccc1OC. The van der Waals surface area contributed by atoms with Crippen LogP contribution in [0.15, 0.2) is 18.2 Å². The van der Waals surface area contributed by atoms with E-state index in [0.717, 1.165) is 12.3 Å². The second kappa shape index (κ2) is 6.21. The van der Waals surface area contributed by atoms with Crippen molar-refractivity contribution in [1.29, 1.82) is 0 Å². The lowest BCUT2D eigenvalue weighted by Crippen LogP contribution is -2.32. The van der Waals surface area contributed by atoms with Crippen LogP contribution in [0.2, 0.25) is 0 Å². The summed E-state index contributed by atoms with van der Waals surface area (Å²) in [5, 5.41) is 3.43. The molecule has 1 atom stereocenters. The number of ether oxygens (including phenoxy) is 1. The molecule has 0 aliphatic carbocycles. The van der Waals surface area contributed by atoms with Gasteiger partial charge in [-0.2, -0.15) is 0 Å². The summed E-state index contributed by atoms with van der Waals surface area (Å²) in [6.07, 6.45) is 2.67. The number of aryl methyl sites for hydroxylation is 1. The molecule has 1 aromatic rings. The average Bonchev–Trinajstić information content (AvgIpc) is 2.88. The van der Waals surface area contributed by atoms with E-state index < -0.39 is 0 Å². The van der Waals surface area contributed by atoms with Gasteiger partial charge in [-0.25, -0.2) is 0 Å². The lowest BCUT2D eigenvalue weighted by atomic mass is 10.0. The summed E-state index contributed by atoms with van der Waals surface area (Å²) in [6, 6.07) is 6.75. The van der Waals surface area contributed by atoms with Crippen LogP contribution in [0.25, 0.3) is 0 Å². The summed E-state index contributed by atoms with van der Waals surface area (Å²) in [7, 11) is 3.78. The van der Waals surface area contributed by atoms with E-state index >= 15 is 0 Å². The van der Waals surface area contributed by atoms with Gasteiger partial charge in [0, 0.05) is 18.2 Å². The first kappa shape index (κ1) is 13.4. The fourth-order valence-corrected chi connectivity index (χ4v) is 2.69. The third kappa shape index (κ3) is 3.03. The second-order valence-electron chi connectivity index (χ2n) is 5.09. The maximum atomic E-state index is 5.49. The number of likely N-dealkylation sites (N-methyl/N-ethyl adjacent to an activating group) is 1. The molecule has 1 unspecified atom stereocenters. The molecule has 1 aliphatic rings. The van der Waals surface area contributed by atoms with Crippen LogP contribution in [0.1, 0.15) is 30.0 Å². The number of hydrogen-bond donors (Lipinski definition) is 1. The van der Waals surface area contributed by atoms with Crippen molar-refractivity contribution in [2.75, 3.05) is 33.8 Å². The Morgan fingerprint density at radius 3 is 2.67 bits per heavy atom. The van der Waals surface area contributed by atoms with Crippen LogP contribution in [-0.2, 0) is 0 Å². The molecule has 3 nitrogen and oxygen atoms in total. The summed E-state index contributed by atoms with van der Waals surface area (Å²) in [5.41, 5.74) is 2.55. The highest BCUT2D eigenvalue weighted by Gasteiger charge is 2.20. The molecule has 0 aromatic heterocycles. The Hall–Kier alpha value is -1.06. The van der Waals surface area contributed by atoms with Gasteiger partial charge in [-0.1, -0.05) is 17.7 Å². The smallest absolute Gasteiger partial charge is 0.123 e. The largest absolute Gasteiger partial charge is 0.496 e. The Bertz CT molecular complexity index is 386. The zero-order valence-electron chi connectivity index (χ0n) is 11.7. The van der Waals surface area contributed by atoms with Crippen molar-refractivity contribution < 1.29 is 4.74 Å². The van der Waals surface area contributed by atoms with E-state index in [1.807, 2.05) is 7.05 Å². The highest BCUT2D eigenvalue weighted by Crippen LogP contribution is 2.27. The third-order valence-corrected chi connectivity index (χ3v) is 3.75. The van der Waals surface area contributed by atoms with Gasteiger partial charge in [0.15, 0.2) is 0 Å². The molecule has 1 aromatic carbocycles. The molecule has 100 valence electrons. The Labute approximate surface area is 110 Å². The highest BCUT2D eigenvalue weighted by atomic mass is 16.5. The minimum Gasteiger partial charge on any atom is -0.496 e. The molecule has 1 N–H and O–H groups in total. The van der Waals surface area contributed by atoms with Crippen molar-refractivity contribution in [1.82, 2.24) is 10.2 Å². The molecule has 0 amide bonds. The van der Waals surface area contributed by atoms with Crippen LogP contribution >= 0.6 is 0 Å². The van der Waals surface area contributed by atoms with Gasteiger partial charge >= 0.3 is 0 Å². The van der Waals surface area contributed by atoms with Crippen LogP contribution in [0.3, 0.4) is 0 Å². The van der Waals surface area contributed by atoms with Crippen LogP contribution < -0.4 is 10.1 Å². The zero-order valence-corrected chi connectivity index (χ0v) is 11.7. The van der Waals surface area contributed by atoms with E-state index in [9.17, 15) is 0 Å². The first-order valence-corrected chi connectivity index (χ1v) is 6.78. The molecule has 2 rings (SSSR count). The molecule has 1 fully saturated rings. The normalized spacial score (nSPS) is 17.9. The summed E-state index contributed by atoms with van der Waals surface area (Å²) >= 11 is 0. The Kier molecular flexibility index (Phi) is 4.61. The number of benzene rings is 1. The summed E-state index contributed by atoms with van der Waals surface area (Å²) in [5.74, 6) is 0.985. The molecular formula is C15H24N2O. The quantitative estimate of drug-likeness (QED) is 0.865. The maximum Gasteiger partial charge on any atom is 0.123 e. The standard InChI is InChI=1S/C15H24N2O/c1-12-6-7-15(18-3)13(10-12)14(16-2)11-17-8-4-5-9-17/h6-7,10,14,16H,4-5,8-9,11H2,1-3H3. The van der Waals surface area contributed by atoms with Crippen molar-refractivity contribution >= 4 is 0 Å². The molecule has 1 aliphatic heterocycles. The highest BCUT2D eigenvalue weighted by molar-refractivity contribution is 5.39. The van der Waals surface area contributed by atoms with Gasteiger partial charge < -0.3 is 15.0 Å². The molecule has 0 spiro atoms. The van der Waals surface area contributed by atoms with Crippen molar-refractivity contribution in [2.24, 2.45) is 0 Å². The first-order valence-electron chi connectivity index (χ1n) is 6.78. The van der Waals surface area contributed by atoms with Crippen molar-refractivity contribution in [3.05, 3.63) is 29.3 Å². The van der Waals surface area contributed by atoms with E-state index in [-0.39, 0.29) is 0 Å². The van der Waals surface area contributed by atoms with Crippen molar-refractivity contribution in [2.45, 2.75) is 25.8 Å². The second-order valence-corrected chi connectivity index (χ2v) is 5.09. The van der Waals surface area contributed by atoms with Crippen LogP contribution in [0.5, 0.6) is 5.75 Å². The summed E-state index contributed by atoms with van der Waals surface area (Å²) in [6.45, 7) is 5.65. The minimum absolute atomic E-state index is 0.345. The molecule has 3 heteroatoms. The van der Waals surface area contributed by atoms with Gasteiger partial charge in [-0.3, -0.25) is 0 Å². The molecule has 1 saturated heterocycles. The fraction of sp³-hybridized carbons (Fsp3) is 0.600. The van der Waals surface area contributed by atoms with Gasteiger partial charge in [0.2, 0.25) is 0 Å². The lowest BCUT2D eigenvalue weighted by Gasteiger charge is -2.25. The molecule has 1 heterocycles. The van der Waals surface area contributed by atoms with Crippen LogP contribution in [-0.4, -0.2) is 38.7 Å². The van der Waals surface area contributed by atoms with E-state index in [0.29, 0.717) is 6.04 Å². The van der Waals surface area contributed by atoms with Gasteiger partial charge in [-0.15, -0.1) is 0 Å². The van der Waals surface area contributed by atoms with Crippen LogP contribution in [0.4, 0.5) is 0 Å². The monoisotopic (exact) mass is 248 g/mol. The van der Waals surface area contributed by atoms with Crippen LogP contribution in [0, 0.1) is 6.92 Å². The Balaban J connectivity index is 2.17. The van der Waals surface area contributed by atoms with E-state index in [4.69, 9.17) is 4.74 Å². The Morgan fingerprint density at radius 2 is 2.06 bits per heavy atom. The fourth-order valence-electron chi connectivity index (χ4n) is 2.69. The number of nitrogens with zero attached hydrogens (tertiary/aromatic N) is 1. The first-order chi connectivity index (χ1) is 8.74. The van der Waals surface area contributed by atoms with Gasteiger partial charge in [-0.05, 0) is 46.0 Å². The number of hydrogen-bond acceptors (Lipinski definition) is 3. The molecule has 0 radical (unpaired) electrons. The lowest BCUT2D eigenvalue weighted by molar-refractivity contribution is 0.294. The maximum absolute atomic E-state index is 5.49. The number of methoxy groups -OCH3 is 1. The van der Waals surface area contributed by atoms with E-state index in [1.54, 1.807) is 7.11 Å². The van der Waals surface area contributed by atoms with Crippen molar-refractivity contribution in [3.8, 4) is 5.75 Å². The van der Waals surface area contributed by atoms with E-state index in [1.165, 1.54) is 37.1 Å². The predicted molar refractivity (Wildman–Crippen MR) is 75.2 cm³/mol. The third-order valence-electron chi connectivity index (χ3n) is 3.75. The number of likely N-dealkylation sites (tertiary alicyclic amines) is 1. The van der Waals surface area contributed by atoms with Gasteiger partial charge in [0.1, 0.15) is 5.75 Å². The predicted octanol–water partition coefficient (Wildman–Crippen LogP) is 2.36. The number of nitrogens with one attached hydrogen (secondary N) is 1. The molecular weight excluding hydrogens is 224 g/mol.